The molecule has 2 rings (SSSR count). The van der Waals surface area contributed by atoms with Gasteiger partial charge in [-0.15, -0.1) is 11.3 Å². The summed E-state index contributed by atoms with van der Waals surface area (Å²) >= 11 is 1.34. The number of aryl methyl sites for hydroxylation is 1. The molecular formula is C14H13N3OS. The number of aromatic nitrogens is 1. The van der Waals surface area contributed by atoms with Crippen LogP contribution in [0, 0.1) is 18.8 Å². The van der Waals surface area contributed by atoms with E-state index in [1.54, 1.807) is 12.1 Å². The Morgan fingerprint density at radius 1 is 1.42 bits per heavy atom. The highest BCUT2D eigenvalue weighted by Crippen LogP contribution is 2.17. The van der Waals surface area contributed by atoms with E-state index in [2.05, 4.69) is 22.1 Å². The average Bonchev–Trinajstić information content (AvgIpc) is 2.85. The topological polar surface area (TPSA) is 68.0 Å². The van der Waals surface area contributed by atoms with Gasteiger partial charge < -0.3 is 11.1 Å². The van der Waals surface area contributed by atoms with Gasteiger partial charge in [0.2, 0.25) is 0 Å². The fraction of sp³-hybridized carbons (Fsp3) is 0.143. The van der Waals surface area contributed by atoms with Crippen molar-refractivity contribution in [2.75, 3.05) is 11.9 Å². The number of nitrogens with one attached hydrogen (secondary N) is 1. The van der Waals surface area contributed by atoms with Crippen molar-refractivity contribution in [3.8, 4) is 11.8 Å². The third-order valence-corrected chi connectivity index (χ3v) is 3.27. The van der Waals surface area contributed by atoms with Gasteiger partial charge >= 0.3 is 0 Å². The van der Waals surface area contributed by atoms with Gasteiger partial charge in [-0.1, -0.05) is 17.9 Å². The maximum absolute atomic E-state index is 12.0. The second-order valence-electron chi connectivity index (χ2n) is 3.79. The minimum atomic E-state index is -0.177. The number of hydrogen-bond donors (Lipinski definition) is 2. The summed E-state index contributed by atoms with van der Waals surface area (Å²) in [6.45, 7) is 2.19. The summed E-state index contributed by atoms with van der Waals surface area (Å²) in [5, 5.41) is 2.76. The third kappa shape index (κ3) is 3.65. The molecule has 0 spiro atoms. The number of carbonyl (C=O) groups excluding carboxylic acids is 1. The van der Waals surface area contributed by atoms with Gasteiger partial charge in [-0.2, -0.15) is 0 Å². The van der Waals surface area contributed by atoms with Crippen molar-refractivity contribution in [1.29, 1.82) is 0 Å². The lowest BCUT2D eigenvalue weighted by Gasteiger charge is -2.02. The highest BCUT2D eigenvalue weighted by molar-refractivity contribution is 7.14. The van der Waals surface area contributed by atoms with E-state index in [0.29, 0.717) is 17.2 Å². The van der Waals surface area contributed by atoms with E-state index >= 15 is 0 Å². The molecule has 0 aromatic carbocycles. The number of pyridine rings is 1. The van der Waals surface area contributed by atoms with E-state index in [4.69, 9.17) is 5.73 Å². The summed E-state index contributed by atoms with van der Waals surface area (Å²) in [6.07, 6.45) is 0. The predicted octanol–water partition coefficient (Wildman–Crippen LogP) is 2.01. The summed E-state index contributed by atoms with van der Waals surface area (Å²) in [6, 6.07) is 9.04. The quantitative estimate of drug-likeness (QED) is 0.821. The molecule has 0 saturated carbocycles. The highest BCUT2D eigenvalue weighted by Gasteiger charge is 2.09. The zero-order valence-electron chi connectivity index (χ0n) is 10.4. The molecule has 0 atom stereocenters. The maximum atomic E-state index is 12.0. The van der Waals surface area contributed by atoms with Gasteiger partial charge in [0, 0.05) is 5.69 Å². The van der Waals surface area contributed by atoms with E-state index in [1.807, 2.05) is 25.1 Å². The summed E-state index contributed by atoms with van der Waals surface area (Å²) in [5.41, 5.74) is 6.16. The fourth-order valence-electron chi connectivity index (χ4n) is 1.46. The maximum Gasteiger partial charge on any atom is 0.266 e. The van der Waals surface area contributed by atoms with Crippen molar-refractivity contribution < 1.29 is 4.79 Å². The van der Waals surface area contributed by atoms with Gasteiger partial charge in [-0.05, 0) is 31.2 Å². The first kappa shape index (κ1) is 13.3. The van der Waals surface area contributed by atoms with E-state index in [1.165, 1.54) is 11.3 Å². The molecule has 0 aliphatic carbocycles. The number of amides is 1. The number of nitrogens with zero attached hydrogens (tertiary/aromatic N) is 1. The van der Waals surface area contributed by atoms with Gasteiger partial charge in [-0.25, -0.2) is 4.98 Å². The molecule has 0 aliphatic heterocycles. The smallest absolute Gasteiger partial charge is 0.266 e. The monoisotopic (exact) mass is 271 g/mol. The molecule has 3 N–H and O–H groups in total. The minimum absolute atomic E-state index is 0.177. The summed E-state index contributed by atoms with van der Waals surface area (Å²) in [4.78, 5) is 17.7. The van der Waals surface area contributed by atoms with Crippen LogP contribution in [0.15, 0.2) is 30.3 Å². The lowest BCUT2D eigenvalue weighted by molar-refractivity contribution is 0.103. The van der Waals surface area contributed by atoms with E-state index < -0.39 is 0 Å². The lowest BCUT2D eigenvalue weighted by atomic mass is 10.3. The Balaban J connectivity index is 2.10. The Morgan fingerprint density at radius 2 is 2.26 bits per heavy atom. The molecule has 19 heavy (non-hydrogen) atoms. The number of anilines is 1. The molecule has 0 unspecified atom stereocenters. The van der Waals surface area contributed by atoms with Gasteiger partial charge in [0.05, 0.1) is 16.3 Å². The van der Waals surface area contributed by atoms with Crippen molar-refractivity contribution in [2.45, 2.75) is 6.92 Å². The molecule has 0 radical (unpaired) electrons. The van der Waals surface area contributed by atoms with Crippen LogP contribution in [0.5, 0.6) is 0 Å². The van der Waals surface area contributed by atoms with E-state index in [9.17, 15) is 4.79 Å². The summed E-state index contributed by atoms with van der Waals surface area (Å²) in [7, 11) is 0. The summed E-state index contributed by atoms with van der Waals surface area (Å²) < 4.78 is 0. The van der Waals surface area contributed by atoms with Crippen LogP contribution >= 0.6 is 11.3 Å². The van der Waals surface area contributed by atoms with Gasteiger partial charge in [-0.3, -0.25) is 4.79 Å². The molecule has 0 saturated heterocycles. The van der Waals surface area contributed by atoms with Crippen molar-refractivity contribution >= 4 is 23.1 Å². The zero-order chi connectivity index (χ0) is 13.7. The first-order chi connectivity index (χ1) is 9.19. The van der Waals surface area contributed by atoms with Crippen LogP contribution in [0.1, 0.15) is 20.2 Å². The Bertz CT molecular complexity index is 652. The number of thiophene rings is 1. The van der Waals surface area contributed by atoms with Crippen LogP contribution in [-0.4, -0.2) is 17.4 Å². The summed E-state index contributed by atoms with van der Waals surface area (Å²) in [5.74, 6) is 6.03. The highest BCUT2D eigenvalue weighted by atomic mass is 32.1. The van der Waals surface area contributed by atoms with Crippen molar-refractivity contribution in [2.24, 2.45) is 5.73 Å². The largest absolute Gasteiger partial charge is 0.320 e. The molecule has 4 nitrogen and oxygen atoms in total. The van der Waals surface area contributed by atoms with E-state index in [-0.39, 0.29) is 5.91 Å². The van der Waals surface area contributed by atoms with Gasteiger partial charge in [0.25, 0.3) is 5.91 Å². The molecule has 96 valence electrons. The molecule has 5 heteroatoms. The molecule has 2 heterocycles. The van der Waals surface area contributed by atoms with Crippen LogP contribution in [-0.2, 0) is 0 Å². The predicted molar refractivity (Wildman–Crippen MR) is 77.2 cm³/mol. The Kier molecular flexibility index (Phi) is 4.29. The first-order valence-corrected chi connectivity index (χ1v) is 6.54. The van der Waals surface area contributed by atoms with Gasteiger partial charge in [0.1, 0.15) is 5.82 Å². The Morgan fingerprint density at radius 3 is 3.00 bits per heavy atom. The standard InChI is InChI=1S/C14H13N3OS/c1-10-4-2-6-13(16-10)17-14(18)12-8-7-11(19-12)5-3-9-15/h2,4,6-8H,9,15H2,1H3,(H,16,17,18). The number of nitrogens with two attached hydrogens (primary N) is 1. The lowest BCUT2D eigenvalue weighted by Crippen LogP contribution is -2.11. The van der Waals surface area contributed by atoms with Crippen molar-refractivity contribution in [3.05, 3.63) is 45.8 Å². The second-order valence-corrected chi connectivity index (χ2v) is 4.87. The van der Waals surface area contributed by atoms with E-state index in [0.717, 1.165) is 10.6 Å². The Labute approximate surface area is 115 Å². The fourth-order valence-corrected chi connectivity index (χ4v) is 2.23. The molecule has 2 aromatic heterocycles. The molecule has 1 amide bonds. The normalized spacial score (nSPS) is 9.58. The molecule has 0 fully saturated rings. The van der Waals surface area contributed by atoms with Crippen LogP contribution in [0.4, 0.5) is 5.82 Å². The van der Waals surface area contributed by atoms with Crippen molar-refractivity contribution in [3.63, 3.8) is 0 Å². The van der Waals surface area contributed by atoms with Crippen LogP contribution in [0.25, 0.3) is 0 Å². The molecular weight excluding hydrogens is 258 g/mol. The molecule has 2 aromatic rings. The number of hydrogen-bond acceptors (Lipinski definition) is 4. The second kappa shape index (κ2) is 6.14. The van der Waals surface area contributed by atoms with Gasteiger partial charge in [0.15, 0.2) is 0 Å². The first-order valence-electron chi connectivity index (χ1n) is 5.73. The average molecular weight is 271 g/mol. The molecule has 0 bridgehead atoms. The van der Waals surface area contributed by atoms with Crippen LogP contribution in [0.3, 0.4) is 0 Å². The minimum Gasteiger partial charge on any atom is -0.320 e. The van der Waals surface area contributed by atoms with Crippen LogP contribution in [0.2, 0.25) is 0 Å². The number of rotatable bonds is 2. The molecule has 0 aliphatic rings. The zero-order valence-corrected chi connectivity index (χ0v) is 11.3. The number of carbonyl (C=O) groups is 1. The Hall–Kier alpha value is -2.16. The van der Waals surface area contributed by atoms with Crippen LogP contribution < -0.4 is 11.1 Å². The SMILES string of the molecule is Cc1cccc(NC(=O)c2ccc(C#CCN)s2)n1. The third-order valence-electron chi connectivity index (χ3n) is 2.27. The van der Waals surface area contributed by atoms with Crippen molar-refractivity contribution in [1.82, 2.24) is 4.98 Å².